The predicted molar refractivity (Wildman–Crippen MR) is 122 cm³/mol. The Balaban J connectivity index is 2.06. The second-order valence-electron chi connectivity index (χ2n) is 9.12. The summed E-state index contributed by atoms with van der Waals surface area (Å²) >= 11 is 0. The van der Waals surface area contributed by atoms with Gasteiger partial charge in [-0.3, -0.25) is 4.98 Å². The van der Waals surface area contributed by atoms with E-state index in [1.165, 1.54) is 5.56 Å². The van der Waals surface area contributed by atoms with Gasteiger partial charge in [-0.25, -0.2) is 4.79 Å². The summed E-state index contributed by atoms with van der Waals surface area (Å²) in [5.41, 5.74) is 5.69. The van der Waals surface area contributed by atoms with E-state index >= 15 is 0 Å². The maximum absolute atomic E-state index is 12.4. The number of hydrogen-bond donors (Lipinski definition) is 1. The van der Waals surface area contributed by atoms with Crippen molar-refractivity contribution in [2.45, 2.75) is 59.2 Å². The summed E-state index contributed by atoms with van der Waals surface area (Å²) in [6.45, 7) is 10.3. The third-order valence-electron chi connectivity index (χ3n) is 5.73. The fourth-order valence-electron chi connectivity index (χ4n) is 4.43. The second kappa shape index (κ2) is 7.97. The van der Waals surface area contributed by atoms with Gasteiger partial charge < -0.3 is 14.6 Å². The van der Waals surface area contributed by atoms with Gasteiger partial charge in [0.25, 0.3) is 0 Å². The van der Waals surface area contributed by atoms with Crippen LogP contribution in [0.4, 0.5) is 0 Å². The fraction of sp³-hybridized carbons (Fsp3) is 0.385. The minimum atomic E-state index is -1.13. The number of pyridine rings is 1. The Morgan fingerprint density at radius 2 is 1.90 bits per heavy atom. The molecule has 1 aromatic heterocycles. The number of aliphatic carboxylic acids is 1. The highest BCUT2D eigenvalue weighted by Crippen LogP contribution is 2.43. The molecule has 0 bridgehead atoms. The van der Waals surface area contributed by atoms with Crippen LogP contribution >= 0.6 is 0 Å². The molecular weight excluding hydrogens is 390 g/mol. The number of benzene rings is 2. The van der Waals surface area contributed by atoms with Gasteiger partial charge in [0.2, 0.25) is 0 Å². The molecule has 0 fully saturated rings. The summed E-state index contributed by atoms with van der Waals surface area (Å²) in [6, 6.07) is 11.9. The summed E-state index contributed by atoms with van der Waals surface area (Å²) in [5.74, 6) is -0.0971. The highest BCUT2D eigenvalue weighted by Gasteiger charge is 2.33. The summed E-state index contributed by atoms with van der Waals surface area (Å²) in [7, 11) is 0. The van der Waals surface area contributed by atoms with Crippen LogP contribution in [-0.2, 0) is 16.0 Å². The van der Waals surface area contributed by atoms with Crippen LogP contribution in [0.15, 0.2) is 36.4 Å². The average molecular weight is 420 g/mol. The highest BCUT2D eigenvalue weighted by molar-refractivity contribution is 5.99. The lowest BCUT2D eigenvalue weighted by atomic mass is 9.86. The number of para-hydroxylation sites is 1. The van der Waals surface area contributed by atoms with Gasteiger partial charge in [0.15, 0.2) is 6.10 Å². The Labute approximate surface area is 183 Å². The minimum absolute atomic E-state index is 0.612. The largest absolute Gasteiger partial charge is 0.493 e. The van der Waals surface area contributed by atoms with Crippen LogP contribution in [0.5, 0.6) is 5.75 Å². The van der Waals surface area contributed by atoms with Gasteiger partial charge >= 0.3 is 5.97 Å². The number of aryl methyl sites for hydroxylation is 1. The monoisotopic (exact) mass is 419 g/mol. The number of ether oxygens (including phenoxy) is 2. The first-order chi connectivity index (χ1) is 14.7. The van der Waals surface area contributed by atoms with Crippen molar-refractivity contribution in [2.75, 3.05) is 6.61 Å². The Morgan fingerprint density at radius 3 is 2.61 bits per heavy atom. The maximum Gasteiger partial charge on any atom is 0.337 e. The Kier molecular flexibility index (Phi) is 5.48. The molecule has 0 saturated heterocycles. The summed E-state index contributed by atoms with van der Waals surface area (Å²) in [6.07, 6.45) is 0.803. The van der Waals surface area contributed by atoms with Crippen molar-refractivity contribution in [3.63, 3.8) is 0 Å². The molecular formula is C26H29NO4. The van der Waals surface area contributed by atoms with Gasteiger partial charge in [0.1, 0.15) is 5.75 Å². The van der Waals surface area contributed by atoms with Crippen molar-refractivity contribution in [2.24, 2.45) is 0 Å². The summed E-state index contributed by atoms with van der Waals surface area (Å²) in [4.78, 5) is 17.1. The molecule has 0 aliphatic carbocycles. The fourth-order valence-corrected chi connectivity index (χ4v) is 4.43. The molecule has 1 N–H and O–H groups in total. The van der Waals surface area contributed by atoms with E-state index in [1.807, 2.05) is 64.1 Å². The van der Waals surface area contributed by atoms with Gasteiger partial charge in [-0.2, -0.15) is 0 Å². The highest BCUT2D eigenvalue weighted by atomic mass is 16.5. The third-order valence-corrected chi connectivity index (χ3v) is 5.73. The number of hydrogen-bond acceptors (Lipinski definition) is 4. The first-order valence-electron chi connectivity index (χ1n) is 10.7. The van der Waals surface area contributed by atoms with Gasteiger partial charge in [-0.05, 0) is 81.8 Å². The van der Waals surface area contributed by atoms with Crippen LogP contribution in [0, 0.1) is 13.8 Å². The zero-order valence-electron chi connectivity index (χ0n) is 18.8. The lowest BCUT2D eigenvalue weighted by Crippen LogP contribution is -2.28. The SMILES string of the molecule is Cc1nc2ccccc2c(-c2ccc3c(c2C)CCCO3)c1[C@H](OC(C)(C)C)C(=O)O. The molecule has 5 heteroatoms. The molecule has 5 nitrogen and oxygen atoms in total. The van der Waals surface area contributed by atoms with E-state index in [1.54, 1.807) is 0 Å². The lowest BCUT2D eigenvalue weighted by Gasteiger charge is -2.29. The maximum atomic E-state index is 12.4. The number of rotatable bonds is 4. The first kappa shape index (κ1) is 21.3. The molecule has 1 aliphatic heterocycles. The second-order valence-corrected chi connectivity index (χ2v) is 9.12. The van der Waals surface area contributed by atoms with E-state index in [4.69, 9.17) is 14.5 Å². The molecule has 31 heavy (non-hydrogen) atoms. The van der Waals surface area contributed by atoms with E-state index in [-0.39, 0.29) is 0 Å². The van der Waals surface area contributed by atoms with E-state index < -0.39 is 17.7 Å². The van der Waals surface area contributed by atoms with Crippen molar-refractivity contribution in [1.29, 1.82) is 0 Å². The molecule has 0 amide bonds. The number of carboxylic acid groups (broad SMARTS) is 1. The molecule has 1 aliphatic rings. The zero-order valence-corrected chi connectivity index (χ0v) is 18.8. The molecule has 3 aromatic rings. The van der Waals surface area contributed by atoms with Crippen LogP contribution in [-0.4, -0.2) is 28.3 Å². The van der Waals surface area contributed by atoms with E-state index in [0.29, 0.717) is 11.3 Å². The van der Waals surface area contributed by atoms with E-state index in [0.717, 1.165) is 52.8 Å². The molecule has 0 spiro atoms. The van der Waals surface area contributed by atoms with Crippen molar-refractivity contribution < 1.29 is 19.4 Å². The predicted octanol–water partition coefficient (Wildman–Crippen LogP) is 5.78. The molecule has 0 saturated carbocycles. The lowest BCUT2D eigenvalue weighted by molar-refractivity contribution is -0.160. The number of nitrogens with zero attached hydrogens (tertiary/aromatic N) is 1. The van der Waals surface area contributed by atoms with Crippen molar-refractivity contribution in [1.82, 2.24) is 4.98 Å². The standard InChI is InChI=1S/C26H29NO4/c1-15-17-10-8-14-30-21(17)13-12-18(15)23-19-9-6-7-11-20(19)27-16(2)22(23)24(25(28)29)31-26(3,4)5/h6-7,9,11-13,24H,8,10,14H2,1-5H3,(H,28,29)/t24-/m0/s1. The first-order valence-corrected chi connectivity index (χ1v) is 10.7. The van der Waals surface area contributed by atoms with Crippen LogP contribution in [0.1, 0.15) is 55.7 Å². The minimum Gasteiger partial charge on any atom is -0.493 e. The smallest absolute Gasteiger partial charge is 0.337 e. The topological polar surface area (TPSA) is 68.7 Å². The van der Waals surface area contributed by atoms with Crippen molar-refractivity contribution in [3.05, 3.63) is 58.8 Å². The zero-order chi connectivity index (χ0) is 22.3. The number of fused-ring (bicyclic) bond motifs is 2. The van der Waals surface area contributed by atoms with Gasteiger partial charge in [-0.1, -0.05) is 24.3 Å². The van der Waals surface area contributed by atoms with Gasteiger partial charge in [0, 0.05) is 16.6 Å². The third kappa shape index (κ3) is 4.02. The number of aromatic nitrogens is 1. The Hall–Kier alpha value is -2.92. The van der Waals surface area contributed by atoms with Crippen molar-refractivity contribution in [3.8, 4) is 16.9 Å². The van der Waals surface area contributed by atoms with Crippen LogP contribution in [0.3, 0.4) is 0 Å². The molecule has 2 heterocycles. The number of carbonyl (C=O) groups is 1. The normalized spacial score (nSPS) is 14.7. The van der Waals surface area contributed by atoms with E-state index in [9.17, 15) is 9.90 Å². The quantitative estimate of drug-likeness (QED) is 0.580. The van der Waals surface area contributed by atoms with Crippen LogP contribution < -0.4 is 4.74 Å². The molecule has 0 unspecified atom stereocenters. The molecule has 4 rings (SSSR count). The molecule has 0 radical (unpaired) electrons. The number of carboxylic acids is 1. The van der Waals surface area contributed by atoms with E-state index in [2.05, 4.69) is 6.92 Å². The molecule has 162 valence electrons. The average Bonchev–Trinajstić information content (AvgIpc) is 2.71. The molecule has 1 atom stereocenters. The summed E-state index contributed by atoms with van der Waals surface area (Å²) in [5, 5.41) is 11.1. The van der Waals surface area contributed by atoms with Gasteiger partial charge in [-0.15, -0.1) is 0 Å². The van der Waals surface area contributed by atoms with Gasteiger partial charge in [0.05, 0.1) is 17.7 Å². The van der Waals surface area contributed by atoms with Crippen LogP contribution in [0.2, 0.25) is 0 Å². The Bertz CT molecular complexity index is 1160. The van der Waals surface area contributed by atoms with Crippen molar-refractivity contribution >= 4 is 16.9 Å². The Morgan fingerprint density at radius 1 is 1.16 bits per heavy atom. The molecule has 2 aromatic carbocycles. The van der Waals surface area contributed by atoms with Crippen LogP contribution in [0.25, 0.3) is 22.0 Å². The summed E-state index contributed by atoms with van der Waals surface area (Å²) < 4.78 is 11.9.